The number of aryl methyl sites for hydroxylation is 1. The number of benzene rings is 1. The van der Waals surface area contributed by atoms with E-state index in [0.29, 0.717) is 0 Å². The highest BCUT2D eigenvalue weighted by Crippen LogP contribution is 2.22. The molecule has 116 valence electrons. The summed E-state index contributed by atoms with van der Waals surface area (Å²) in [5, 5.41) is 10.7. The molecule has 21 heavy (non-hydrogen) atoms. The molecule has 1 aromatic rings. The summed E-state index contributed by atoms with van der Waals surface area (Å²) in [6, 6.07) is 2.80. The first-order chi connectivity index (χ1) is 9.61. The van der Waals surface area contributed by atoms with Crippen LogP contribution in [0.3, 0.4) is 0 Å². The van der Waals surface area contributed by atoms with Crippen LogP contribution in [0.5, 0.6) is 0 Å². The molecule has 2 rings (SSSR count). The third-order valence-corrected chi connectivity index (χ3v) is 6.52. The van der Waals surface area contributed by atoms with Gasteiger partial charge in [0.1, 0.15) is 0 Å². The molecule has 1 aliphatic heterocycles. The molecule has 1 aromatic carbocycles. The monoisotopic (exact) mass is 334 g/mol. The van der Waals surface area contributed by atoms with Gasteiger partial charge in [0, 0.05) is 17.7 Å². The smallest absolute Gasteiger partial charge is 0.258 e. The van der Waals surface area contributed by atoms with Gasteiger partial charge in [-0.25, -0.2) is 21.6 Å². The molecular weight excluding hydrogens is 320 g/mol. The van der Waals surface area contributed by atoms with Crippen LogP contribution in [0.4, 0.5) is 5.69 Å². The number of hydrogen-bond acceptors (Lipinski definition) is 6. The van der Waals surface area contributed by atoms with Gasteiger partial charge >= 0.3 is 0 Å². The van der Waals surface area contributed by atoms with Crippen LogP contribution in [0.1, 0.15) is 12.0 Å². The minimum Gasteiger partial charge on any atom is -0.258 e. The molecule has 0 unspecified atom stereocenters. The van der Waals surface area contributed by atoms with E-state index in [0.717, 1.165) is 12.1 Å². The fraction of sp³-hybridized carbons (Fsp3) is 0.455. The maximum atomic E-state index is 12.2. The molecule has 0 amide bonds. The largest absolute Gasteiger partial charge is 0.272 e. The van der Waals surface area contributed by atoms with Gasteiger partial charge in [-0.3, -0.25) is 10.1 Å². The molecule has 0 aliphatic carbocycles. The molecule has 0 bridgehead atoms. The molecule has 1 aliphatic rings. The molecule has 1 N–H and O–H groups in total. The van der Waals surface area contributed by atoms with Gasteiger partial charge in [-0.2, -0.15) is 0 Å². The normalized spacial score (nSPS) is 21.3. The van der Waals surface area contributed by atoms with Crippen LogP contribution in [0, 0.1) is 17.0 Å². The lowest BCUT2D eigenvalue weighted by atomic mass is 10.2. The summed E-state index contributed by atoms with van der Waals surface area (Å²) in [5.74, 6) is -0.266. The van der Waals surface area contributed by atoms with Crippen molar-refractivity contribution in [3.8, 4) is 0 Å². The Kier molecular flexibility index (Phi) is 4.04. The summed E-state index contributed by atoms with van der Waals surface area (Å²) < 4.78 is 49.3. The zero-order chi connectivity index (χ0) is 15.8. The third kappa shape index (κ3) is 3.57. The lowest BCUT2D eigenvalue weighted by Crippen LogP contribution is -2.35. The first-order valence-electron chi connectivity index (χ1n) is 6.08. The maximum Gasteiger partial charge on any atom is 0.272 e. The van der Waals surface area contributed by atoms with E-state index in [1.165, 1.54) is 13.0 Å². The topological polar surface area (TPSA) is 123 Å². The van der Waals surface area contributed by atoms with Crippen molar-refractivity contribution in [1.29, 1.82) is 0 Å². The van der Waals surface area contributed by atoms with Crippen molar-refractivity contribution in [2.24, 2.45) is 0 Å². The Labute approximate surface area is 122 Å². The fourth-order valence-electron chi connectivity index (χ4n) is 2.18. The maximum absolute atomic E-state index is 12.2. The Balaban J connectivity index is 2.24. The number of nitro groups is 1. The lowest BCUT2D eigenvalue weighted by Gasteiger charge is -2.12. The van der Waals surface area contributed by atoms with Crippen LogP contribution < -0.4 is 4.72 Å². The Bertz CT molecular complexity index is 785. The summed E-state index contributed by atoms with van der Waals surface area (Å²) in [7, 11) is -7.09. The Hall–Kier alpha value is -1.52. The molecule has 0 radical (unpaired) electrons. The number of sulfone groups is 1. The Morgan fingerprint density at radius 2 is 2.05 bits per heavy atom. The number of rotatable bonds is 4. The average molecular weight is 334 g/mol. The molecule has 1 atom stereocenters. The lowest BCUT2D eigenvalue weighted by molar-refractivity contribution is -0.385. The molecule has 0 saturated carbocycles. The number of nitrogens with zero attached hydrogens (tertiary/aromatic N) is 1. The molecular formula is C11H14N2O6S2. The van der Waals surface area contributed by atoms with E-state index in [9.17, 15) is 26.9 Å². The number of hydrogen-bond donors (Lipinski definition) is 1. The van der Waals surface area contributed by atoms with E-state index in [-0.39, 0.29) is 34.1 Å². The number of sulfonamides is 1. The number of nitrogens with one attached hydrogen (secondary N) is 1. The van der Waals surface area contributed by atoms with Crippen molar-refractivity contribution < 1.29 is 21.8 Å². The zero-order valence-electron chi connectivity index (χ0n) is 11.1. The van der Waals surface area contributed by atoms with E-state index in [1.807, 2.05) is 0 Å². The summed E-state index contributed by atoms with van der Waals surface area (Å²) in [6.07, 6.45) is 0.230. The summed E-state index contributed by atoms with van der Waals surface area (Å²) in [4.78, 5) is 10.00. The standard InChI is InChI=1S/C11H14N2O6S2/c1-8-6-10(2-3-11(8)13(14)15)21(18,19)12-9-4-5-20(16,17)7-9/h2-3,6,9,12H,4-5,7H2,1H3/t9-/m0/s1. The van der Waals surface area contributed by atoms with Gasteiger partial charge in [0.25, 0.3) is 5.69 Å². The van der Waals surface area contributed by atoms with Crippen molar-refractivity contribution in [3.63, 3.8) is 0 Å². The predicted molar refractivity (Wildman–Crippen MR) is 75.2 cm³/mol. The molecule has 1 heterocycles. The SMILES string of the molecule is Cc1cc(S(=O)(=O)N[C@H]2CCS(=O)(=O)C2)ccc1[N+](=O)[O-]. The van der Waals surface area contributed by atoms with Gasteiger partial charge in [0.2, 0.25) is 10.0 Å². The van der Waals surface area contributed by atoms with Crippen molar-refractivity contribution in [3.05, 3.63) is 33.9 Å². The summed E-state index contributed by atoms with van der Waals surface area (Å²) >= 11 is 0. The molecule has 0 spiro atoms. The molecule has 0 aromatic heterocycles. The summed E-state index contributed by atoms with van der Waals surface area (Å²) in [6.45, 7) is 1.44. The minimum absolute atomic E-state index is 0.0422. The van der Waals surface area contributed by atoms with Crippen molar-refractivity contribution >= 4 is 25.5 Å². The highest BCUT2D eigenvalue weighted by atomic mass is 32.2. The van der Waals surface area contributed by atoms with E-state index in [4.69, 9.17) is 0 Å². The number of nitro benzene ring substituents is 1. The Morgan fingerprint density at radius 3 is 2.52 bits per heavy atom. The van der Waals surface area contributed by atoms with Gasteiger partial charge in [0.15, 0.2) is 9.84 Å². The molecule has 1 fully saturated rings. The average Bonchev–Trinajstić information content (AvgIpc) is 2.67. The molecule has 10 heteroatoms. The van der Waals surface area contributed by atoms with E-state index >= 15 is 0 Å². The summed E-state index contributed by atoms with van der Waals surface area (Å²) in [5.41, 5.74) is 0.0549. The van der Waals surface area contributed by atoms with E-state index in [1.54, 1.807) is 0 Å². The fourth-order valence-corrected chi connectivity index (χ4v) is 5.31. The van der Waals surface area contributed by atoms with Crippen LogP contribution in [0.2, 0.25) is 0 Å². The van der Waals surface area contributed by atoms with Crippen LogP contribution in [-0.2, 0) is 19.9 Å². The predicted octanol–water partition coefficient (Wildman–Crippen LogP) is 0.369. The molecule has 8 nitrogen and oxygen atoms in total. The van der Waals surface area contributed by atoms with Crippen molar-refractivity contribution in [1.82, 2.24) is 4.72 Å². The van der Waals surface area contributed by atoms with Crippen molar-refractivity contribution in [2.45, 2.75) is 24.3 Å². The van der Waals surface area contributed by atoms with Crippen LogP contribution in [0.15, 0.2) is 23.1 Å². The first kappa shape index (κ1) is 15.9. The van der Waals surface area contributed by atoms with E-state index < -0.39 is 30.8 Å². The van der Waals surface area contributed by atoms with Gasteiger partial charge in [-0.05, 0) is 25.5 Å². The van der Waals surface area contributed by atoms with E-state index in [2.05, 4.69) is 4.72 Å². The van der Waals surface area contributed by atoms with Gasteiger partial charge in [-0.1, -0.05) is 0 Å². The van der Waals surface area contributed by atoms with Gasteiger partial charge < -0.3 is 0 Å². The van der Waals surface area contributed by atoms with Crippen molar-refractivity contribution in [2.75, 3.05) is 11.5 Å². The van der Waals surface area contributed by atoms with Gasteiger partial charge in [0.05, 0.1) is 21.3 Å². The zero-order valence-corrected chi connectivity index (χ0v) is 12.8. The first-order valence-corrected chi connectivity index (χ1v) is 9.39. The second kappa shape index (κ2) is 5.35. The highest BCUT2D eigenvalue weighted by Gasteiger charge is 2.31. The highest BCUT2D eigenvalue weighted by molar-refractivity contribution is 7.92. The quantitative estimate of drug-likeness (QED) is 0.626. The Morgan fingerprint density at radius 1 is 1.38 bits per heavy atom. The van der Waals surface area contributed by atoms with Gasteiger partial charge in [-0.15, -0.1) is 0 Å². The molecule has 1 saturated heterocycles. The minimum atomic E-state index is -3.90. The van der Waals surface area contributed by atoms with Crippen LogP contribution >= 0.6 is 0 Å². The second-order valence-electron chi connectivity index (χ2n) is 4.93. The van der Waals surface area contributed by atoms with Crippen LogP contribution in [-0.4, -0.2) is 39.3 Å². The third-order valence-electron chi connectivity index (χ3n) is 3.23. The van der Waals surface area contributed by atoms with Crippen LogP contribution in [0.25, 0.3) is 0 Å². The second-order valence-corrected chi connectivity index (χ2v) is 8.87.